The number of hydrogen-bond donors (Lipinski definition) is 0. The van der Waals surface area contributed by atoms with Crippen LogP contribution in [0.1, 0.15) is 0 Å². The fraction of sp³-hybridized carbons (Fsp3) is 0. The smallest absolute Gasteiger partial charge is 0.162 e. The second-order valence-corrected chi connectivity index (χ2v) is 13.2. The van der Waals surface area contributed by atoms with Crippen LogP contribution in [0, 0.1) is 0 Å². The Kier molecular flexibility index (Phi) is 6.18. The van der Waals surface area contributed by atoms with Crippen molar-refractivity contribution in [3.8, 4) is 39.7 Å². The third-order valence-electron chi connectivity index (χ3n) is 10.2. The number of fused-ring (bicyclic) bond motifs is 10. The number of benzene rings is 7. The summed E-state index contributed by atoms with van der Waals surface area (Å²) in [7, 11) is 0. The first-order chi connectivity index (χ1) is 25.8. The van der Waals surface area contributed by atoms with Gasteiger partial charge < -0.3 is 4.42 Å². The van der Waals surface area contributed by atoms with Crippen LogP contribution in [0.4, 0.5) is 0 Å². The first-order valence-corrected chi connectivity index (χ1v) is 17.5. The van der Waals surface area contributed by atoms with Crippen LogP contribution in [0.15, 0.2) is 174 Å². The van der Waals surface area contributed by atoms with Crippen molar-refractivity contribution in [2.45, 2.75) is 0 Å². The van der Waals surface area contributed by atoms with Crippen molar-refractivity contribution in [1.82, 2.24) is 19.5 Å². The van der Waals surface area contributed by atoms with Crippen molar-refractivity contribution in [2.24, 2.45) is 0 Å². The van der Waals surface area contributed by atoms with E-state index in [-0.39, 0.29) is 0 Å². The van der Waals surface area contributed by atoms with E-state index in [0.717, 1.165) is 88.5 Å². The van der Waals surface area contributed by atoms with E-state index >= 15 is 0 Å². The molecule has 5 nitrogen and oxygen atoms in total. The third kappa shape index (κ3) is 4.33. The molecular formula is C47H28N4O. The van der Waals surface area contributed by atoms with Gasteiger partial charge in [0.15, 0.2) is 5.82 Å². The molecule has 242 valence electrons. The van der Waals surface area contributed by atoms with Crippen LogP contribution in [-0.4, -0.2) is 19.5 Å². The van der Waals surface area contributed by atoms with Gasteiger partial charge in [-0.25, -0.2) is 15.0 Å². The molecule has 0 amide bonds. The largest absolute Gasteiger partial charge is 0.456 e. The highest BCUT2D eigenvalue weighted by atomic mass is 16.3. The van der Waals surface area contributed by atoms with Crippen molar-refractivity contribution in [1.29, 1.82) is 0 Å². The van der Waals surface area contributed by atoms with E-state index in [1.165, 1.54) is 10.8 Å². The molecule has 52 heavy (non-hydrogen) atoms. The number of nitrogens with zero attached hydrogens (tertiary/aromatic N) is 4. The summed E-state index contributed by atoms with van der Waals surface area (Å²) < 4.78 is 8.68. The summed E-state index contributed by atoms with van der Waals surface area (Å²) in [6, 6.07) is 58.8. The van der Waals surface area contributed by atoms with Crippen LogP contribution in [0.25, 0.3) is 105 Å². The van der Waals surface area contributed by atoms with Crippen LogP contribution in [-0.2, 0) is 0 Å². The molecule has 0 N–H and O–H groups in total. The van der Waals surface area contributed by atoms with Crippen LogP contribution < -0.4 is 0 Å². The predicted molar refractivity (Wildman–Crippen MR) is 213 cm³/mol. The van der Waals surface area contributed by atoms with Crippen LogP contribution in [0.2, 0.25) is 0 Å². The molecule has 0 aliphatic heterocycles. The zero-order chi connectivity index (χ0) is 34.2. The van der Waals surface area contributed by atoms with Gasteiger partial charge >= 0.3 is 0 Å². The monoisotopic (exact) mass is 664 g/mol. The first-order valence-electron chi connectivity index (χ1n) is 17.5. The van der Waals surface area contributed by atoms with Gasteiger partial charge in [-0.15, -0.1) is 0 Å². The summed E-state index contributed by atoms with van der Waals surface area (Å²) in [5.41, 5.74) is 9.62. The number of pyridine rings is 1. The lowest BCUT2D eigenvalue weighted by Crippen LogP contribution is -2.02. The van der Waals surface area contributed by atoms with Crippen molar-refractivity contribution >= 4 is 65.4 Å². The maximum absolute atomic E-state index is 6.42. The molecular weight excluding hydrogens is 637 g/mol. The first kappa shape index (κ1) is 28.7. The van der Waals surface area contributed by atoms with Crippen molar-refractivity contribution in [3.63, 3.8) is 0 Å². The zero-order valence-corrected chi connectivity index (χ0v) is 27.9. The molecule has 4 aromatic heterocycles. The van der Waals surface area contributed by atoms with Crippen molar-refractivity contribution in [3.05, 3.63) is 170 Å². The molecule has 0 unspecified atom stereocenters. The van der Waals surface area contributed by atoms with E-state index in [1.54, 1.807) is 0 Å². The Bertz CT molecular complexity index is 3130. The summed E-state index contributed by atoms with van der Waals surface area (Å²) in [6.07, 6.45) is 0. The fourth-order valence-corrected chi connectivity index (χ4v) is 7.87. The average Bonchev–Trinajstić information content (AvgIpc) is 3.77. The average molecular weight is 665 g/mol. The standard InChI is InChI=1S/C47H28N4O/c1-3-13-29(14-4-1)46-35-24-26-42-45(34-19-9-12-22-41(34)52-42)44(35)36-27-31(23-25-37(36)48-46)38-28-43(50-47(49-38)30-15-5-2-6-16-30)51-39-20-10-7-17-32(39)33-18-8-11-21-40(33)51/h1-28H. The molecule has 0 aliphatic carbocycles. The maximum atomic E-state index is 6.42. The van der Waals surface area contributed by atoms with E-state index in [2.05, 4.69) is 138 Å². The number of para-hydroxylation sites is 3. The highest BCUT2D eigenvalue weighted by Crippen LogP contribution is 2.42. The van der Waals surface area contributed by atoms with Gasteiger partial charge in [-0.3, -0.25) is 4.57 Å². The van der Waals surface area contributed by atoms with Gasteiger partial charge in [-0.1, -0.05) is 121 Å². The Morgan fingerprint density at radius 1 is 0.404 bits per heavy atom. The molecule has 0 spiro atoms. The fourth-order valence-electron chi connectivity index (χ4n) is 7.87. The zero-order valence-electron chi connectivity index (χ0n) is 27.9. The van der Waals surface area contributed by atoms with Crippen molar-refractivity contribution in [2.75, 3.05) is 0 Å². The van der Waals surface area contributed by atoms with Crippen molar-refractivity contribution < 1.29 is 4.42 Å². The number of aromatic nitrogens is 4. The van der Waals surface area contributed by atoms with E-state index in [0.29, 0.717) is 5.82 Å². The normalized spacial score (nSPS) is 11.8. The molecule has 0 saturated carbocycles. The Labute approximate surface area is 298 Å². The predicted octanol–water partition coefficient (Wildman–Crippen LogP) is 12.2. The van der Waals surface area contributed by atoms with Gasteiger partial charge in [0.25, 0.3) is 0 Å². The van der Waals surface area contributed by atoms with Crippen LogP contribution in [0.5, 0.6) is 0 Å². The Balaban J connectivity index is 1.23. The van der Waals surface area contributed by atoms with E-state index in [1.807, 2.05) is 36.4 Å². The number of rotatable bonds is 4. The Morgan fingerprint density at radius 2 is 1.06 bits per heavy atom. The van der Waals surface area contributed by atoms with E-state index < -0.39 is 0 Å². The van der Waals surface area contributed by atoms with Gasteiger partial charge in [0.05, 0.1) is 27.9 Å². The highest BCUT2D eigenvalue weighted by Gasteiger charge is 2.20. The Morgan fingerprint density at radius 3 is 1.81 bits per heavy atom. The summed E-state index contributed by atoms with van der Waals surface area (Å²) in [6.45, 7) is 0. The number of hydrogen-bond acceptors (Lipinski definition) is 4. The van der Waals surface area contributed by atoms with E-state index in [4.69, 9.17) is 19.4 Å². The number of furan rings is 1. The minimum Gasteiger partial charge on any atom is -0.456 e. The summed E-state index contributed by atoms with van der Waals surface area (Å²) in [4.78, 5) is 15.8. The molecule has 0 bridgehead atoms. The summed E-state index contributed by atoms with van der Waals surface area (Å²) >= 11 is 0. The SMILES string of the molecule is c1ccc(-c2nc(-c3ccc4nc(-c5ccccc5)c5ccc6oc7ccccc7c6c5c4c3)cc(-n3c4ccccc4c4ccccc43)n2)cc1. The summed E-state index contributed by atoms with van der Waals surface area (Å²) in [5.74, 6) is 1.48. The molecule has 11 rings (SSSR count). The van der Waals surface area contributed by atoms with Gasteiger partial charge in [-0.2, -0.15) is 0 Å². The second-order valence-electron chi connectivity index (χ2n) is 13.2. The summed E-state index contributed by atoms with van der Waals surface area (Å²) in [5, 5.41) is 7.79. The molecule has 0 saturated heterocycles. The lowest BCUT2D eigenvalue weighted by Gasteiger charge is -2.14. The lowest BCUT2D eigenvalue weighted by atomic mass is 9.95. The van der Waals surface area contributed by atoms with Gasteiger partial charge in [-0.05, 0) is 42.5 Å². The van der Waals surface area contributed by atoms with Gasteiger partial charge in [0.1, 0.15) is 17.0 Å². The lowest BCUT2D eigenvalue weighted by molar-refractivity contribution is 0.669. The van der Waals surface area contributed by atoms with Gasteiger partial charge in [0, 0.05) is 60.5 Å². The molecule has 0 radical (unpaired) electrons. The molecule has 7 aromatic carbocycles. The van der Waals surface area contributed by atoms with E-state index in [9.17, 15) is 0 Å². The third-order valence-corrected chi connectivity index (χ3v) is 10.2. The molecule has 11 aromatic rings. The molecule has 5 heteroatoms. The molecule has 4 heterocycles. The highest BCUT2D eigenvalue weighted by molar-refractivity contribution is 6.28. The quantitative estimate of drug-likeness (QED) is 0.176. The maximum Gasteiger partial charge on any atom is 0.162 e. The molecule has 0 fully saturated rings. The molecule has 0 aliphatic rings. The van der Waals surface area contributed by atoms with Crippen LogP contribution >= 0.6 is 0 Å². The topological polar surface area (TPSA) is 56.7 Å². The minimum absolute atomic E-state index is 0.667. The van der Waals surface area contributed by atoms with Gasteiger partial charge in [0.2, 0.25) is 0 Å². The molecule has 0 atom stereocenters. The minimum atomic E-state index is 0.667. The van der Waals surface area contributed by atoms with Crippen LogP contribution in [0.3, 0.4) is 0 Å². The second kappa shape index (κ2) is 11.2. The Hall–Kier alpha value is -7.11.